The number of aromatic nitrogens is 2. The van der Waals surface area contributed by atoms with Gasteiger partial charge in [0.25, 0.3) is 0 Å². The van der Waals surface area contributed by atoms with Gasteiger partial charge in [-0.15, -0.1) is 0 Å². The number of azide groups is 1. The first-order chi connectivity index (χ1) is 8.86. The molecule has 0 spiro atoms. The minimum atomic E-state index is 0.595. The Morgan fingerprint density at radius 2 is 1.83 bits per heavy atom. The Hall–Kier alpha value is -2.78. The minimum Gasteiger partial charge on any atom is -0.338 e. The van der Waals surface area contributed by atoms with E-state index < -0.39 is 0 Å². The predicted octanol–water partition coefficient (Wildman–Crippen LogP) is 4.17. The van der Waals surface area contributed by atoms with Gasteiger partial charge in [0.05, 0.1) is 11.0 Å². The highest BCUT2D eigenvalue weighted by molar-refractivity contribution is 5.79. The lowest BCUT2D eigenvalue weighted by atomic mass is 10.2. The molecular weight excluding hydrogens is 226 g/mol. The highest BCUT2D eigenvalue weighted by Gasteiger charge is 2.03. The molecule has 1 N–H and O–H groups in total. The summed E-state index contributed by atoms with van der Waals surface area (Å²) in [6, 6.07) is 15.2. The fourth-order valence-corrected chi connectivity index (χ4v) is 1.83. The average molecular weight is 235 g/mol. The summed E-state index contributed by atoms with van der Waals surface area (Å²) in [6.07, 6.45) is 0. The van der Waals surface area contributed by atoms with Gasteiger partial charge in [-0.2, -0.15) is 0 Å². The topological polar surface area (TPSA) is 77.4 Å². The van der Waals surface area contributed by atoms with Crippen molar-refractivity contribution < 1.29 is 0 Å². The van der Waals surface area contributed by atoms with Crippen LogP contribution in [0.2, 0.25) is 0 Å². The molecule has 3 rings (SSSR count). The van der Waals surface area contributed by atoms with Crippen LogP contribution in [0, 0.1) is 0 Å². The standard InChI is InChI=1S/C13H9N5/c14-18-17-10-7-5-9(6-8-10)13-15-11-3-1-2-4-12(11)16-13/h1-8H,(H,15,16). The van der Waals surface area contributed by atoms with Crippen LogP contribution in [0.5, 0.6) is 0 Å². The molecule has 0 aliphatic heterocycles. The number of H-pyrrole nitrogens is 1. The number of hydrogen-bond donors (Lipinski definition) is 1. The molecule has 0 saturated carbocycles. The van der Waals surface area contributed by atoms with Crippen LogP contribution in [-0.4, -0.2) is 9.97 Å². The van der Waals surface area contributed by atoms with E-state index in [0.29, 0.717) is 5.69 Å². The Kier molecular flexibility index (Phi) is 2.44. The van der Waals surface area contributed by atoms with Crippen molar-refractivity contribution in [2.45, 2.75) is 0 Å². The number of hydrogen-bond acceptors (Lipinski definition) is 2. The smallest absolute Gasteiger partial charge is 0.138 e. The third-order valence-corrected chi connectivity index (χ3v) is 2.69. The number of nitrogens with zero attached hydrogens (tertiary/aromatic N) is 4. The average Bonchev–Trinajstić information content (AvgIpc) is 2.84. The minimum absolute atomic E-state index is 0.595. The Morgan fingerprint density at radius 1 is 1.06 bits per heavy atom. The lowest BCUT2D eigenvalue weighted by Gasteiger charge is -1.96. The zero-order chi connectivity index (χ0) is 12.4. The van der Waals surface area contributed by atoms with E-state index in [1.54, 1.807) is 12.1 Å². The number of imidazole rings is 1. The van der Waals surface area contributed by atoms with Gasteiger partial charge in [-0.1, -0.05) is 41.5 Å². The number of nitrogens with one attached hydrogen (secondary N) is 1. The lowest BCUT2D eigenvalue weighted by Crippen LogP contribution is -1.78. The Labute approximate surface area is 103 Å². The van der Waals surface area contributed by atoms with Crippen molar-refractivity contribution in [2.24, 2.45) is 5.11 Å². The van der Waals surface area contributed by atoms with Crippen LogP contribution in [0.1, 0.15) is 0 Å². The monoisotopic (exact) mass is 235 g/mol. The maximum atomic E-state index is 8.34. The summed E-state index contributed by atoms with van der Waals surface area (Å²) in [5, 5.41) is 3.53. The second-order valence-corrected chi connectivity index (χ2v) is 3.84. The number of aromatic amines is 1. The third-order valence-electron chi connectivity index (χ3n) is 2.69. The van der Waals surface area contributed by atoms with E-state index in [0.717, 1.165) is 22.4 Å². The molecule has 1 heterocycles. The van der Waals surface area contributed by atoms with E-state index >= 15 is 0 Å². The van der Waals surface area contributed by atoms with Crippen LogP contribution in [0.15, 0.2) is 53.6 Å². The molecule has 5 nitrogen and oxygen atoms in total. The zero-order valence-corrected chi connectivity index (χ0v) is 9.41. The summed E-state index contributed by atoms with van der Waals surface area (Å²) in [5.41, 5.74) is 11.8. The van der Waals surface area contributed by atoms with Gasteiger partial charge in [0.2, 0.25) is 0 Å². The first-order valence-electron chi connectivity index (χ1n) is 5.47. The van der Waals surface area contributed by atoms with Crippen molar-refractivity contribution in [1.29, 1.82) is 0 Å². The molecule has 0 unspecified atom stereocenters. The van der Waals surface area contributed by atoms with Crippen molar-refractivity contribution in [3.8, 4) is 11.4 Å². The van der Waals surface area contributed by atoms with E-state index in [4.69, 9.17) is 5.53 Å². The number of benzene rings is 2. The first kappa shape index (κ1) is 10.4. The Bertz CT molecular complexity index is 702. The van der Waals surface area contributed by atoms with Crippen LogP contribution in [0.4, 0.5) is 5.69 Å². The molecule has 1 aromatic heterocycles. The van der Waals surface area contributed by atoms with Crippen molar-refractivity contribution in [1.82, 2.24) is 9.97 Å². The number of para-hydroxylation sites is 2. The molecule has 0 atom stereocenters. The van der Waals surface area contributed by atoms with Gasteiger partial charge in [0.1, 0.15) is 5.82 Å². The van der Waals surface area contributed by atoms with Crippen molar-refractivity contribution in [2.75, 3.05) is 0 Å². The lowest BCUT2D eigenvalue weighted by molar-refractivity contribution is 1.33. The maximum Gasteiger partial charge on any atom is 0.138 e. The molecule has 2 aromatic carbocycles. The Balaban J connectivity index is 2.05. The van der Waals surface area contributed by atoms with Crippen LogP contribution < -0.4 is 0 Å². The molecule has 0 bridgehead atoms. The van der Waals surface area contributed by atoms with Gasteiger partial charge < -0.3 is 4.98 Å². The fourth-order valence-electron chi connectivity index (χ4n) is 1.83. The van der Waals surface area contributed by atoms with Crippen molar-refractivity contribution in [3.63, 3.8) is 0 Å². The molecule has 0 aliphatic rings. The SMILES string of the molecule is [N-]=[N+]=Nc1ccc(-c2nc3ccccc3[nH]2)cc1. The molecule has 0 fully saturated rings. The summed E-state index contributed by atoms with van der Waals surface area (Å²) < 4.78 is 0. The van der Waals surface area contributed by atoms with Crippen LogP contribution >= 0.6 is 0 Å². The Morgan fingerprint density at radius 3 is 2.56 bits per heavy atom. The maximum absolute atomic E-state index is 8.34. The normalized spacial score (nSPS) is 10.2. The summed E-state index contributed by atoms with van der Waals surface area (Å²) in [7, 11) is 0. The summed E-state index contributed by atoms with van der Waals surface area (Å²) >= 11 is 0. The van der Waals surface area contributed by atoms with Crippen molar-refractivity contribution >= 4 is 16.7 Å². The second-order valence-electron chi connectivity index (χ2n) is 3.84. The van der Waals surface area contributed by atoms with Crippen LogP contribution in [0.3, 0.4) is 0 Å². The molecule has 0 radical (unpaired) electrons. The summed E-state index contributed by atoms with van der Waals surface area (Å²) in [6.45, 7) is 0. The van der Waals surface area contributed by atoms with Gasteiger partial charge in [-0.25, -0.2) is 4.98 Å². The van der Waals surface area contributed by atoms with Crippen molar-refractivity contribution in [3.05, 3.63) is 59.0 Å². The van der Waals surface area contributed by atoms with Gasteiger partial charge in [0.15, 0.2) is 0 Å². The fraction of sp³-hybridized carbons (Fsp3) is 0. The largest absolute Gasteiger partial charge is 0.338 e. The van der Waals surface area contributed by atoms with E-state index in [2.05, 4.69) is 20.0 Å². The van der Waals surface area contributed by atoms with Gasteiger partial charge in [-0.3, -0.25) is 0 Å². The summed E-state index contributed by atoms with van der Waals surface area (Å²) in [4.78, 5) is 10.5. The van der Waals surface area contributed by atoms with Gasteiger partial charge in [0, 0.05) is 16.2 Å². The first-order valence-corrected chi connectivity index (χ1v) is 5.47. The molecule has 3 aromatic rings. The van der Waals surface area contributed by atoms with E-state index in [-0.39, 0.29) is 0 Å². The van der Waals surface area contributed by atoms with Crippen LogP contribution in [0.25, 0.3) is 32.9 Å². The van der Waals surface area contributed by atoms with Crippen LogP contribution in [-0.2, 0) is 0 Å². The van der Waals surface area contributed by atoms with E-state index in [1.807, 2.05) is 36.4 Å². The molecule has 0 saturated heterocycles. The molecule has 18 heavy (non-hydrogen) atoms. The molecular formula is C13H9N5. The molecule has 86 valence electrons. The van der Waals surface area contributed by atoms with E-state index in [1.165, 1.54) is 0 Å². The number of fused-ring (bicyclic) bond motifs is 1. The number of rotatable bonds is 2. The second kappa shape index (κ2) is 4.24. The third kappa shape index (κ3) is 1.79. The van der Waals surface area contributed by atoms with Gasteiger partial charge >= 0.3 is 0 Å². The highest BCUT2D eigenvalue weighted by atomic mass is 15.1. The quantitative estimate of drug-likeness (QED) is 0.404. The predicted molar refractivity (Wildman–Crippen MR) is 70.3 cm³/mol. The summed E-state index contributed by atoms with van der Waals surface area (Å²) in [5.74, 6) is 0.809. The molecule has 5 heteroatoms. The van der Waals surface area contributed by atoms with Gasteiger partial charge in [-0.05, 0) is 17.7 Å². The molecule has 0 amide bonds. The highest BCUT2D eigenvalue weighted by Crippen LogP contribution is 2.22. The van der Waals surface area contributed by atoms with E-state index in [9.17, 15) is 0 Å². The zero-order valence-electron chi connectivity index (χ0n) is 9.41. The molecule has 0 aliphatic carbocycles.